The van der Waals surface area contributed by atoms with Crippen LogP contribution in [0.3, 0.4) is 0 Å². The van der Waals surface area contributed by atoms with E-state index in [4.69, 9.17) is 9.47 Å². The number of nitriles is 1. The summed E-state index contributed by atoms with van der Waals surface area (Å²) in [4.78, 5) is 24.2. The molecule has 1 aliphatic carbocycles. The fourth-order valence-corrected chi connectivity index (χ4v) is 2.91. The van der Waals surface area contributed by atoms with Gasteiger partial charge in [0.25, 0.3) is 5.91 Å². The van der Waals surface area contributed by atoms with Crippen molar-refractivity contribution in [2.75, 3.05) is 6.61 Å². The molecule has 2 rings (SSSR count). The van der Waals surface area contributed by atoms with Crippen molar-refractivity contribution in [1.29, 1.82) is 5.26 Å². The van der Waals surface area contributed by atoms with Crippen molar-refractivity contribution in [3.05, 3.63) is 30.3 Å². The minimum atomic E-state index is -0.827. The Kier molecular flexibility index (Phi) is 6.81. The Labute approximate surface area is 148 Å². The molecule has 0 unspecified atom stereocenters. The van der Waals surface area contributed by atoms with E-state index >= 15 is 0 Å². The van der Waals surface area contributed by atoms with Gasteiger partial charge in [0.2, 0.25) is 0 Å². The number of nitrogens with zero attached hydrogens (tertiary/aromatic N) is 1. The van der Waals surface area contributed by atoms with Crippen LogP contribution < -0.4 is 10.1 Å². The molecule has 1 saturated carbocycles. The van der Waals surface area contributed by atoms with Crippen molar-refractivity contribution in [2.24, 2.45) is 0 Å². The van der Waals surface area contributed by atoms with Crippen LogP contribution in [0.1, 0.15) is 45.4 Å². The van der Waals surface area contributed by atoms with Crippen LogP contribution in [-0.4, -0.2) is 30.1 Å². The molecule has 0 bridgehead atoms. The Bertz CT molecular complexity index is 618. The smallest absolute Gasteiger partial charge is 0.347 e. The third-order valence-corrected chi connectivity index (χ3v) is 4.30. The van der Waals surface area contributed by atoms with Crippen molar-refractivity contribution in [1.82, 2.24) is 5.32 Å². The van der Waals surface area contributed by atoms with E-state index < -0.39 is 30.1 Å². The summed E-state index contributed by atoms with van der Waals surface area (Å²) in [5, 5.41) is 12.1. The van der Waals surface area contributed by atoms with Crippen LogP contribution in [0.15, 0.2) is 30.3 Å². The Morgan fingerprint density at radius 2 is 1.92 bits per heavy atom. The molecule has 25 heavy (non-hydrogen) atoms. The number of carbonyl (C=O) groups excluding carboxylic acids is 2. The van der Waals surface area contributed by atoms with Crippen LogP contribution in [0.5, 0.6) is 5.75 Å². The summed E-state index contributed by atoms with van der Waals surface area (Å²) in [7, 11) is 0. The van der Waals surface area contributed by atoms with Gasteiger partial charge in [0, 0.05) is 0 Å². The van der Waals surface area contributed by atoms with E-state index in [0.717, 1.165) is 19.3 Å². The second kappa shape index (κ2) is 9.07. The van der Waals surface area contributed by atoms with Crippen molar-refractivity contribution in [2.45, 2.75) is 57.1 Å². The van der Waals surface area contributed by atoms with E-state index in [-0.39, 0.29) is 0 Å². The summed E-state index contributed by atoms with van der Waals surface area (Å²) in [5.74, 6) is -0.469. The predicted molar refractivity (Wildman–Crippen MR) is 91.7 cm³/mol. The molecule has 1 aliphatic rings. The fourth-order valence-electron chi connectivity index (χ4n) is 2.91. The van der Waals surface area contributed by atoms with Crippen molar-refractivity contribution < 1.29 is 19.1 Å². The lowest BCUT2D eigenvalue weighted by atomic mass is 9.83. The van der Waals surface area contributed by atoms with E-state index in [1.165, 1.54) is 0 Å². The van der Waals surface area contributed by atoms with Gasteiger partial charge in [-0.3, -0.25) is 4.79 Å². The normalized spacial score (nSPS) is 17.0. The SMILES string of the molecule is CC[C@H](Oc1ccccc1)C(=O)OCC(=O)NC1(C#N)CCCCC1. The molecule has 0 heterocycles. The molecule has 6 nitrogen and oxygen atoms in total. The highest BCUT2D eigenvalue weighted by Gasteiger charge is 2.34. The lowest BCUT2D eigenvalue weighted by molar-refractivity contribution is -0.156. The zero-order chi connectivity index (χ0) is 18.1. The summed E-state index contributed by atoms with van der Waals surface area (Å²) < 4.78 is 10.7. The zero-order valence-electron chi connectivity index (χ0n) is 14.5. The first-order chi connectivity index (χ1) is 12.1. The van der Waals surface area contributed by atoms with Gasteiger partial charge in [-0.2, -0.15) is 5.26 Å². The number of hydrogen-bond acceptors (Lipinski definition) is 5. The largest absolute Gasteiger partial charge is 0.479 e. The number of esters is 1. The molecule has 0 spiro atoms. The second-order valence-electron chi connectivity index (χ2n) is 6.24. The van der Waals surface area contributed by atoms with Crippen LogP contribution in [0.25, 0.3) is 0 Å². The zero-order valence-corrected chi connectivity index (χ0v) is 14.5. The van der Waals surface area contributed by atoms with Crippen molar-refractivity contribution in [3.63, 3.8) is 0 Å². The molecule has 134 valence electrons. The lowest BCUT2D eigenvalue weighted by Crippen LogP contribution is -2.50. The molecule has 1 aromatic rings. The highest BCUT2D eigenvalue weighted by atomic mass is 16.6. The number of ether oxygens (including phenoxy) is 2. The Morgan fingerprint density at radius 3 is 2.52 bits per heavy atom. The maximum Gasteiger partial charge on any atom is 0.347 e. The van der Waals surface area contributed by atoms with Crippen LogP contribution >= 0.6 is 0 Å². The van der Waals surface area contributed by atoms with Gasteiger partial charge in [0.1, 0.15) is 11.3 Å². The van der Waals surface area contributed by atoms with Crippen molar-refractivity contribution >= 4 is 11.9 Å². The third-order valence-electron chi connectivity index (χ3n) is 4.30. The molecule has 0 aliphatic heterocycles. The van der Waals surface area contributed by atoms with Crippen LogP contribution in [0, 0.1) is 11.3 Å². The first kappa shape index (κ1) is 18.8. The minimum Gasteiger partial charge on any atom is -0.479 e. The first-order valence-corrected chi connectivity index (χ1v) is 8.69. The van der Waals surface area contributed by atoms with Gasteiger partial charge in [-0.25, -0.2) is 4.79 Å². The standard InChI is InChI=1S/C19H24N2O4/c1-2-16(25-15-9-5-3-6-10-15)18(23)24-13-17(22)21-19(14-20)11-7-4-8-12-19/h3,5-6,9-10,16H,2,4,7-8,11-13H2,1H3,(H,21,22)/t16-/m0/s1. The van der Waals surface area contributed by atoms with Gasteiger partial charge in [-0.15, -0.1) is 0 Å². The van der Waals surface area contributed by atoms with Gasteiger partial charge >= 0.3 is 5.97 Å². The first-order valence-electron chi connectivity index (χ1n) is 8.69. The molecular formula is C19H24N2O4. The monoisotopic (exact) mass is 344 g/mol. The summed E-state index contributed by atoms with van der Waals surface area (Å²) in [6.45, 7) is 1.40. The molecule has 0 saturated heterocycles. The molecule has 1 amide bonds. The molecule has 1 aromatic carbocycles. The lowest BCUT2D eigenvalue weighted by Gasteiger charge is -2.31. The highest BCUT2D eigenvalue weighted by Crippen LogP contribution is 2.27. The Balaban J connectivity index is 1.83. The van der Waals surface area contributed by atoms with Gasteiger partial charge in [0.15, 0.2) is 12.7 Å². The van der Waals surface area contributed by atoms with E-state index in [2.05, 4.69) is 11.4 Å². The maximum atomic E-state index is 12.1. The molecule has 1 fully saturated rings. The van der Waals surface area contributed by atoms with Crippen LogP contribution in [-0.2, 0) is 14.3 Å². The fraction of sp³-hybridized carbons (Fsp3) is 0.526. The van der Waals surface area contributed by atoms with Gasteiger partial charge in [0.05, 0.1) is 6.07 Å². The number of hydrogen-bond donors (Lipinski definition) is 1. The average molecular weight is 344 g/mol. The molecule has 1 atom stereocenters. The van der Waals surface area contributed by atoms with E-state index in [0.29, 0.717) is 25.0 Å². The van der Waals surface area contributed by atoms with Crippen LogP contribution in [0.2, 0.25) is 0 Å². The molecular weight excluding hydrogens is 320 g/mol. The number of amides is 1. The minimum absolute atomic E-state index is 0.406. The second-order valence-corrected chi connectivity index (χ2v) is 6.24. The number of benzene rings is 1. The summed E-state index contributed by atoms with van der Waals surface area (Å²) in [6.07, 6.45) is 3.83. The number of carbonyl (C=O) groups is 2. The molecule has 0 radical (unpaired) electrons. The topological polar surface area (TPSA) is 88.4 Å². The molecule has 6 heteroatoms. The highest BCUT2D eigenvalue weighted by molar-refractivity contribution is 5.82. The van der Waals surface area contributed by atoms with Crippen LogP contribution in [0.4, 0.5) is 0 Å². The van der Waals surface area contributed by atoms with Crippen molar-refractivity contribution in [3.8, 4) is 11.8 Å². The Morgan fingerprint density at radius 1 is 1.24 bits per heavy atom. The third kappa shape index (κ3) is 5.49. The maximum absolute atomic E-state index is 12.1. The van der Waals surface area contributed by atoms with Gasteiger partial charge in [-0.1, -0.05) is 44.4 Å². The number of para-hydroxylation sites is 1. The quantitative estimate of drug-likeness (QED) is 0.768. The number of rotatable bonds is 7. The number of nitrogens with one attached hydrogen (secondary N) is 1. The molecule has 0 aromatic heterocycles. The van der Waals surface area contributed by atoms with Gasteiger partial charge in [-0.05, 0) is 31.4 Å². The van der Waals surface area contributed by atoms with E-state index in [1.807, 2.05) is 25.1 Å². The predicted octanol–water partition coefficient (Wildman–Crippen LogP) is 2.73. The Hall–Kier alpha value is -2.55. The summed E-state index contributed by atoms with van der Waals surface area (Å²) in [5.41, 5.74) is -0.827. The molecule has 1 N–H and O–H groups in total. The summed E-state index contributed by atoms with van der Waals surface area (Å²) >= 11 is 0. The van der Waals surface area contributed by atoms with E-state index in [9.17, 15) is 14.9 Å². The van der Waals surface area contributed by atoms with Gasteiger partial charge < -0.3 is 14.8 Å². The summed E-state index contributed by atoms with van der Waals surface area (Å²) in [6, 6.07) is 11.2. The average Bonchev–Trinajstić information content (AvgIpc) is 2.65. The van der Waals surface area contributed by atoms with E-state index in [1.54, 1.807) is 12.1 Å².